The molecule has 0 bridgehead atoms. The Morgan fingerprint density at radius 1 is 1.14 bits per heavy atom. The number of ether oxygens (including phenoxy) is 1. The topological polar surface area (TPSA) is 21.3 Å². The minimum atomic E-state index is -0.142. The molecule has 110 valence electrons. The van der Waals surface area contributed by atoms with E-state index in [2.05, 4.69) is 23.5 Å². The predicted molar refractivity (Wildman–Crippen MR) is 82.9 cm³/mol. The van der Waals surface area contributed by atoms with Crippen molar-refractivity contribution < 1.29 is 9.13 Å². The molecular formula is C18H20FNO. The van der Waals surface area contributed by atoms with Crippen molar-refractivity contribution in [2.24, 2.45) is 0 Å². The standard InChI is InChI=1S/C18H20FNO/c1-21-12-13-4-2-7-17(8-13)20-18-10-15(11-18)14-5-3-6-16(19)9-14/h2-9,15,18,20H,10-12H2,1H3. The fraction of sp³-hybridized carbons (Fsp3) is 0.333. The van der Waals surface area contributed by atoms with E-state index in [9.17, 15) is 4.39 Å². The van der Waals surface area contributed by atoms with Crippen LogP contribution in [0.15, 0.2) is 48.5 Å². The normalized spacial score (nSPS) is 20.9. The lowest BCUT2D eigenvalue weighted by Gasteiger charge is -2.37. The van der Waals surface area contributed by atoms with Gasteiger partial charge in [-0.2, -0.15) is 0 Å². The van der Waals surface area contributed by atoms with Gasteiger partial charge in [-0.15, -0.1) is 0 Å². The summed E-state index contributed by atoms with van der Waals surface area (Å²) >= 11 is 0. The molecule has 0 radical (unpaired) electrons. The van der Waals surface area contributed by atoms with Gasteiger partial charge in [-0.1, -0.05) is 24.3 Å². The fourth-order valence-corrected chi connectivity index (χ4v) is 2.92. The molecule has 0 spiro atoms. The van der Waals surface area contributed by atoms with Crippen molar-refractivity contribution >= 4 is 5.69 Å². The van der Waals surface area contributed by atoms with Gasteiger partial charge in [0.2, 0.25) is 0 Å². The van der Waals surface area contributed by atoms with Crippen molar-refractivity contribution in [1.82, 2.24) is 0 Å². The summed E-state index contributed by atoms with van der Waals surface area (Å²) in [6.07, 6.45) is 2.11. The highest BCUT2D eigenvalue weighted by molar-refractivity contribution is 5.47. The average molecular weight is 285 g/mol. The molecule has 2 aromatic carbocycles. The minimum Gasteiger partial charge on any atom is -0.382 e. The summed E-state index contributed by atoms with van der Waals surface area (Å²) < 4.78 is 18.4. The van der Waals surface area contributed by atoms with Gasteiger partial charge >= 0.3 is 0 Å². The van der Waals surface area contributed by atoms with E-state index < -0.39 is 0 Å². The lowest BCUT2D eigenvalue weighted by molar-refractivity contribution is 0.185. The van der Waals surface area contributed by atoms with E-state index in [0.717, 1.165) is 24.1 Å². The minimum absolute atomic E-state index is 0.142. The molecule has 0 saturated heterocycles. The third kappa shape index (κ3) is 3.42. The molecule has 0 heterocycles. The van der Waals surface area contributed by atoms with E-state index in [1.54, 1.807) is 19.2 Å². The van der Waals surface area contributed by atoms with Crippen molar-refractivity contribution in [1.29, 1.82) is 0 Å². The third-order valence-electron chi connectivity index (χ3n) is 4.07. The first-order valence-corrected chi connectivity index (χ1v) is 7.34. The number of methoxy groups -OCH3 is 1. The van der Waals surface area contributed by atoms with E-state index in [1.807, 2.05) is 12.1 Å². The smallest absolute Gasteiger partial charge is 0.123 e. The second-order valence-electron chi connectivity index (χ2n) is 5.70. The van der Waals surface area contributed by atoms with Crippen LogP contribution in [0.4, 0.5) is 10.1 Å². The van der Waals surface area contributed by atoms with Crippen LogP contribution in [0.2, 0.25) is 0 Å². The Morgan fingerprint density at radius 2 is 1.95 bits per heavy atom. The van der Waals surface area contributed by atoms with Crippen molar-refractivity contribution in [3.05, 3.63) is 65.5 Å². The largest absolute Gasteiger partial charge is 0.382 e. The zero-order valence-electron chi connectivity index (χ0n) is 12.2. The van der Waals surface area contributed by atoms with E-state index in [1.165, 1.54) is 11.6 Å². The number of hydrogen-bond donors (Lipinski definition) is 1. The van der Waals surface area contributed by atoms with Crippen molar-refractivity contribution in [2.75, 3.05) is 12.4 Å². The van der Waals surface area contributed by atoms with E-state index in [-0.39, 0.29) is 5.82 Å². The van der Waals surface area contributed by atoms with Crippen LogP contribution in [0.3, 0.4) is 0 Å². The number of anilines is 1. The van der Waals surface area contributed by atoms with E-state index >= 15 is 0 Å². The van der Waals surface area contributed by atoms with Gasteiger partial charge in [0.15, 0.2) is 0 Å². The Balaban J connectivity index is 1.56. The SMILES string of the molecule is COCc1cccc(NC2CC(c3cccc(F)c3)C2)c1. The summed E-state index contributed by atoms with van der Waals surface area (Å²) in [4.78, 5) is 0. The number of hydrogen-bond acceptors (Lipinski definition) is 2. The van der Waals surface area contributed by atoms with Crippen molar-refractivity contribution in [3.63, 3.8) is 0 Å². The van der Waals surface area contributed by atoms with Gasteiger partial charge in [0.25, 0.3) is 0 Å². The summed E-state index contributed by atoms with van der Waals surface area (Å²) in [5.41, 5.74) is 3.41. The summed E-state index contributed by atoms with van der Waals surface area (Å²) in [6, 6.07) is 15.7. The summed E-state index contributed by atoms with van der Waals surface area (Å²) in [6.45, 7) is 0.631. The number of halogens is 1. The first kappa shape index (κ1) is 14.1. The van der Waals surface area contributed by atoms with Gasteiger partial charge < -0.3 is 10.1 Å². The second-order valence-corrected chi connectivity index (χ2v) is 5.70. The Hall–Kier alpha value is -1.87. The van der Waals surface area contributed by atoms with Crippen LogP contribution in [0.1, 0.15) is 29.9 Å². The maximum atomic E-state index is 13.2. The predicted octanol–water partition coefficient (Wildman–Crippen LogP) is 4.33. The molecule has 0 aliphatic heterocycles. The third-order valence-corrected chi connectivity index (χ3v) is 4.07. The average Bonchev–Trinajstić information content (AvgIpc) is 2.43. The Kier molecular flexibility index (Phi) is 4.20. The zero-order chi connectivity index (χ0) is 14.7. The Bertz CT molecular complexity index is 608. The molecule has 2 nitrogen and oxygen atoms in total. The van der Waals surface area contributed by atoms with Crippen LogP contribution < -0.4 is 5.32 Å². The molecule has 0 atom stereocenters. The van der Waals surface area contributed by atoms with Crippen LogP contribution in [0.25, 0.3) is 0 Å². The first-order valence-electron chi connectivity index (χ1n) is 7.34. The molecule has 3 heteroatoms. The molecule has 0 amide bonds. The molecule has 1 aliphatic carbocycles. The lowest BCUT2D eigenvalue weighted by Crippen LogP contribution is -2.34. The summed E-state index contributed by atoms with van der Waals surface area (Å²) in [5, 5.41) is 3.54. The van der Waals surface area contributed by atoms with Crippen molar-refractivity contribution in [3.8, 4) is 0 Å². The Labute approximate surface area is 125 Å². The van der Waals surface area contributed by atoms with Crippen LogP contribution in [-0.2, 0) is 11.3 Å². The van der Waals surface area contributed by atoms with Crippen LogP contribution in [-0.4, -0.2) is 13.2 Å². The zero-order valence-corrected chi connectivity index (χ0v) is 12.2. The molecule has 1 N–H and O–H groups in total. The van der Waals surface area contributed by atoms with Gasteiger partial charge in [-0.3, -0.25) is 0 Å². The maximum Gasteiger partial charge on any atom is 0.123 e. The highest BCUT2D eigenvalue weighted by Crippen LogP contribution is 2.38. The van der Waals surface area contributed by atoms with E-state index in [0.29, 0.717) is 18.6 Å². The molecule has 2 aromatic rings. The van der Waals surface area contributed by atoms with Gasteiger partial charge in [-0.05, 0) is 54.2 Å². The molecule has 1 fully saturated rings. The van der Waals surface area contributed by atoms with Crippen LogP contribution in [0.5, 0.6) is 0 Å². The molecule has 0 aromatic heterocycles. The van der Waals surface area contributed by atoms with Gasteiger partial charge in [0, 0.05) is 18.8 Å². The number of rotatable bonds is 5. The second kappa shape index (κ2) is 6.27. The quantitative estimate of drug-likeness (QED) is 0.883. The molecule has 1 saturated carbocycles. The van der Waals surface area contributed by atoms with Crippen molar-refractivity contribution in [2.45, 2.75) is 31.4 Å². The fourth-order valence-electron chi connectivity index (χ4n) is 2.92. The summed E-state index contributed by atoms with van der Waals surface area (Å²) in [5.74, 6) is 0.330. The van der Waals surface area contributed by atoms with Gasteiger partial charge in [0.05, 0.1) is 6.61 Å². The lowest BCUT2D eigenvalue weighted by atomic mass is 9.76. The number of nitrogens with one attached hydrogen (secondary N) is 1. The Morgan fingerprint density at radius 3 is 2.71 bits per heavy atom. The molecule has 1 aliphatic rings. The molecule has 3 rings (SSSR count). The highest BCUT2D eigenvalue weighted by Gasteiger charge is 2.30. The number of benzene rings is 2. The highest BCUT2D eigenvalue weighted by atomic mass is 19.1. The molecular weight excluding hydrogens is 265 g/mol. The van der Waals surface area contributed by atoms with E-state index in [4.69, 9.17) is 4.74 Å². The first-order chi connectivity index (χ1) is 10.2. The summed E-state index contributed by atoms with van der Waals surface area (Å²) in [7, 11) is 1.70. The van der Waals surface area contributed by atoms with Gasteiger partial charge in [-0.25, -0.2) is 4.39 Å². The monoisotopic (exact) mass is 285 g/mol. The molecule has 0 unspecified atom stereocenters. The molecule has 21 heavy (non-hydrogen) atoms. The maximum absolute atomic E-state index is 13.2. The van der Waals surface area contributed by atoms with Gasteiger partial charge in [0.1, 0.15) is 5.82 Å². The van der Waals surface area contributed by atoms with Crippen LogP contribution in [0, 0.1) is 5.82 Å². The van der Waals surface area contributed by atoms with Crippen LogP contribution >= 0.6 is 0 Å².